The highest BCUT2D eigenvalue weighted by atomic mass is 16.6. The van der Waals surface area contributed by atoms with Crippen molar-refractivity contribution in [3.05, 3.63) is 29.6 Å². The molecule has 0 N–H and O–H groups in total. The minimum atomic E-state index is 0.100. The van der Waals surface area contributed by atoms with Gasteiger partial charge in [-0.15, -0.1) is 0 Å². The van der Waals surface area contributed by atoms with Gasteiger partial charge in [-0.25, -0.2) is 0 Å². The Kier molecular flexibility index (Phi) is 4.47. The third-order valence-corrected chi connectivity index (χ3v) is 2.13. The normalized spacial score (nSPS) is 12.3. The van der Waals surface area contributed by atoms with E-state index in [2.05, 4.69) is 24.0 Å². The average Bonchev–Trinajstić information content (AvgIpc) is 2.26. The molecule has 1 heterocycles. The van der Waals surface area contributed by atoms with E-state index in [0.717, 1.165) is 17.1 Å². The molecule has 88 valence electrons. The van der Waals surface area contributed by atoms with Crippen molar-refractivity contribution in [1.29, 1.82) is 0 Å². The van der Waals surface area contributed by atoms with E-state index in [1.54, 1.807) is 0 Å². The Bertz CT molecular complexity index is 370. The van der Waals surface area contributed by atoms with Gasteiger partial charge >= 0.3 is 0 Å². The van der Waals surface area contributed by atoms with Crippen LogP contribution in [0.15, 0.2) is 23.4 Å². The van der Waals surface area contributed by atoms with Crippen LogP contribution in [0, 0.1) is 0 Å². The van der Waals surface area contributed by atoms with Gasteiger partial charge in [-0.05, 0) is 38.8 Å². The van der Waals surface area contributed by atoms with Crippen LogP contribution in [0.25, 0.3) is 0 Å². The summed E-state index contributed by atoms with van der Waals surface area (Å²) in [5.74, 6) is 0.429. The fraction of sp³-hybridized carbons (Fsp3) is 0.538. The van der Waals surface area contributed by atoms with Gasteiger partial charge in [0, 0.05) is 5.69 Å². The molecule has 1 aromatic heterocycles. The van der Waals surface area contributed by atoms with Crippen LogP contribution in [0.2, 0.25) is 0 Å². The summed E-state index contributed by atoms with van der Waals surface area (Å²) in [5, 5.41) is 4.05. The first-order valence-corrected chi connectivity index (χ1v) is 5.68. The molecule has 0 aliphatic rings. The van der Waals surface area contributed by atoms with Crippen molar-refractivity contribution in [2.45, 2.75) is 46.6 Å². The molecule has 0 amide bonds. The van der Waals surface area contributed by atoms with Gasteiger partial charge in [0.2, 0.25) is 0 Å². The van der Waals surface area contributed by atoms with Crippen LogP contribution in [-0.4, -0.2) is 16.8 Å². The number of oxime groups is 1. The highest BCUT2D eigenvalue weighted by Gasteiger charge is 2.05. The Morgan fingerprint density at radius 3 is 2.50 bits per heavy atom. The average molecular weight is 220 g/mol. The van der Waals surface area contributed by atoms with Gasteiger partial charge < -0.3 is 4.84 Å². The summed E-state index contributed by atoms with van der Waals surface area (Å²) in [6, 6.07) is 5.99. The molecule has 0 aliphatic heterocycles. The zero-order valence-electron chi connectivity index (χ0n) is 10.7. The number of hydrogen-bond donors (Lipinski definition) is 0. The summed E-state index contributed by atoms with van der Waals surface area (Å²) in [7, 11) is 0. The fourth-order valence-corrected chi connectivity index (χ4v) is 1.21. The number of aromatic nitrogens is 1. The highest BCUT2D eigenvalue weighted by Crippen LogP contribution is 2.12. The van der Waals surface area contributed by atoms with Crippen LogP contribution in [0.3, 0.4) is 0 Å². The number of pyridine rings is 1. The zero-order valence-corrected chi connectivity index (χ0v) is 10.7. The number of rotatable bonds is 4. The maximum absolute atomic E-state index is 5.21. The van der Waals surface area contributed by atoms with Gasteiger partial charge in [0.25, 0.3) is 0 Å². The fourth-order valence-electron chi connectivity index (χ4n) is 1.21. The van der Waals surface area contributed by atoms with Crippen LogP contribution >= 0.6 is 0 Å². The van der Waals surface area contributed by atoms with Crippen LogP contribution in [0.4, 0.5) is 0 Å². The van der Waals surface area contributed by atoms with E-state index < -0.39 is 0 Å². The summed E-state index contributed by atoms with van der Waals surface area (Å²) in [5.41, 5.74) is 2.78. The summed E-state index contributed by atoms with van der Waals surface area (Å²) >= 11 is 0. The van der Waals surface area contributed by atoms with Gasteiger partial charge in [-0.1, -0.05) is 25.1 Å². The molecule has 0 aromatic carbocycles. The van der Waals surface area contributed by atoms with Crippen molar-refractivity contribution in [2.75, 3.05) is 0 Å². The van der Waals surface area contributed by atoms with Crippen molar-refractivity contribution in [1.82, 2.24) is 4.98 Å². The Balaban J connectivity index is 2.87. The van der Waals surface area contributed by atoms with E-state index >= 15 is 0 Å². The minimum Gasteiger partial charge on any atom is -0.393 e. The van der Waals surface area contributed by atoms with E-state index in [0.29, 0.717) is 5.92 Å². The number of hydrogen-bond acceptors (Lipinski definition) is 3. The second kappa shape index (κ2) is 5.64. The summed E-state index contributed by atoms with van der Waals surface area (Å²) in [6.07, 6.45) is 0.100. The van der Waals surface area contributed by atoms with Crippen molar-refractivity contribution >= 4 is 5.71 Å². The predicted octanol–water partition coefficient (Wildman–Crippen LogP) is 3.35. The van der Waals surface area contributed by atoms with Crippen molar-refractivity contribution in [3.63, 3.8) is 0 Å². The molecule has 0 fully saturated rings. The van der Waals surface area contributed by atoms with Gasteiger partial charge in [-0.2, -0.15) is 0 Å². The molecular formula is C13H20N2O. The van der Waals surface area contributed by atoms with Gasteiger partial charge in [0.05, 0.1) is 5.69 Å². The Morgan fingerprint density at radius 2 is 1.94 bits per heavy atom. The summed E-state index contributed by atoms with van der Waals surface area (Å²) in [6.45, 7) is 10.1. The van der Waals surface area contributed by atoms with E-state index in [4.69, 9.17) is 4.84 Å². The molecular weight excluding hydrogens is 200 g/mol. The lowest BCUT2D eigenvalue weighted by molar-refractivity contribution is 0.0859. The Morgan fingerprint density at radius 1 is 1.25 bits per heavy atom. The molecule has 0 radical (unpaired) electrons. The Labute approximate surface area is 97.5 Å². The molecule has 16 heavy (non-hydrogen) atoms. The quantitative estimate of drug-likeness (QED) is 0.576. The molecule has 0 saturated heterocycles. The SMILES string of the molecule is C/C(=N\OC(C)C)c1cccc(C(C)C)n1. The monoisotopic (exact) mass is 220 g/mol. The smallest absolute Gasteiger partial charge is 0.122 e. The van der Waals surface area contributed by atoms with Crippen molar-refractivity contribution < 1.29 is 4.84 Å². The van der Waals surface area contributed by atoms with E-state index in [-0.39, 0.29) is 6.10 Å². The Hall–Kier alpha value is -1.38. The topological polar surface area (TPSA) is 34.5 Å². The van der Waals surface area contributed by atoms with Crippen LogP contribution in [0.1, 0.15) is 51.9 Å². The van der Waals surface area contributed by atoms with Crippen molar-refractivity contribution in [3.8, 4) is 0 Å². The third-order valence-electron chi connectivity index (χ3n) is 2.13. The van der Waals surface area contributed by atoms with Gasteiger partial charge in [0.15, 0.2) is 0 Å². The third kappa shape index (κ3) is 3.65. The second-order valence-electron chi connectivity index (χ2n) is 4.43. The molecule has 0 unspecified atom stereocenters. The van der Waals surface area contributed by atoms with Gasteiger partial charge in [-0.3, -0.25) is 4.98 Å². The highest BCUT2D eigenvalue weighted by molar-refractivity contribution is 5.96. The van der Waals surface area contributed by atoms with Crippen molar-refractivity contribution in [2.24, 2.45) is 5.16 Å². The number of nitrogens with zero attached hydrogens (tertiary/aromatic N) is 2. The maximum atomic E-state index is 5.21. The lowest BCUT2D eigenvalue weighted by Gasteiger charge is -2.07. The lowest BCUT2D eigenvalue weighted by atomic mass is 10.1. The molecule has 3 heteroatoms. The standard InChI is InChI=1S/C13H20N2O/c1-9(2)12-7-6-8-13(14-12)11(5)15-16-10(3)4/h6-10H,1-5H3/b15-11+. The summed E-state index contributed by atoms with van der Waals surface area (Å²) in [4.78, 5) is 9.75. The molecule has 1 aromatic rings. The second-order valence-corrected chi connectivity index (χ2v) is 4.43. The van der Waals surface area contributed by atoms with Crippen LogP contribution in [0.5, 0.6) is 0 Å². The zero-order chi connectivity index (χ0) is 12.1. The molecule has 0 atom stereocenters. The van der Waals surface area contributed by atoms with Gasteiger partial charge in [0.1, 0.15) is 11.8 Å². The largest absolute Gasteiger partial charge is 0.393 e. The van der Waals surface area contributed by atoms with E-state index in [1.165, 1.54) is 0 Å². The molecule has 0 saturated carbocycles. The maximum Gasteiger partial charge on any atom is 0.122 e. The lowest BCUT2D eigenvalue weighted by Crippen LogP contribution is -2.05. The first kappa shape index (κ1) is 12.7. The van der Waals surface area contributed by atoms with E-state index in [9.17, 15) is 0 Å². The minimum absolute atomic E-state index is 0.100. The molecule has 0 aliphatic carbocycles. The molecule has 1 rings (SSSR count). The molecule has 3 nitrogen and oxygen atoms in total. The predicted molar refractivity (Wildman–Crippen MR) is 66.8 cm³/mol. The summed E-state index contributed by atoms with van der Waals surface area (Å²) < 4.78 is 0. The molecule has 0 bridgehead atoms. The first-order chi connectivity index (χ1) is 7.50. The van der Waals surface area contributed by atoms with Crippen LogP contribution in [-0.2, 0) is 4.84 Å². The van der Waals surface area contributed by atoms with Crippen LogP contribution < -0.4 is 0 Å². The molecule has 0 spiro atoms. The van der Waals surface area contributed by atoms with E-state index in [1.807, 2.05) is 39.0 Å². The first-order valence-electron chi connectivity index (χ1n) is 5.68.